The van der Waals surface area contributed by atoms with Crippen molar-refractivity contribution in [3.8, 4) is 0 Å². The third kappa shape index (κ3) is 2.66. The Morgan fingerprint density at radius 3 is 2.81 bits per heavy atom. The largest absolute Gasteiger partial charge is 0.368 e. The van der Waals surface area contributed by atoms with E-state index < -0.39 is 16.9 Å². The molecular formula is C9H12N4O3. The lowest BCUT2D eigenvalue weighted by Crippen LogP contribution is -2.33. The Balaban J connectivity index is 3.04. The van der Waals surface area contributed by atoms with Crippen LogP contribution in [0.25, 0.3) is 0 Å². The molecule has 7 heteroatoms. The summed E-state index contributed by atoms with van der Waals surface area (Å²) in [5.74, 6) is -0.557. The number of hydrogen-bond acceptors (Lipinski definition) is 5. The second kappa shape index (κ2) is 4.56. The molecule has 1 heterocycles. The maximum Gasteiger partial charge on any atom is 0.311 e. The highest BCUT2D eigenvalue weighted by Crippen LogP contribution is 2.22. The van der Waals surface area contributed by atoms with Crippen molar-refractivity contribution in [1.29, 1.82) is 0 Å². The first kappa shape index (κ1) is 11.9. The van der Waals surface area contributed by atoms with Crippen LogP contribution in [0.4, 0.5) is 11.5 Å². The highest BCUT2D eigenvalue weighted by molar-refractivity contribution is 5.82. The summed E-state index contributed by atoms with van der Waals surface area (Å²) in [5, 5.41) is 13.3. The van der Waals surface area contributed by atoms with Crippen molar-refractivity contribution in [3.05, 3.63) is 27.9 Å². The van der Waals surface area contributed by atoms with Crippen LogP contribution < -0.4 is 11.1 Å². The van der Waals surface area contributed by atoms with Gasteiger partial charge >= 0.3 is 5.69 Å². The first-order valence-electron chi connectivity index (χ1n) is 4.58. The zero-order chi connectivity index (χ0) is 12.3. The quantitative estimate of drug-likeness (QED) is 0.574. The number of primary amides is 1. The molecular weight excluding hydrogens is 212 g/mol. The number of carbonyl (C=O) groups is 1. The highest BCUT2D eigenvalue weighted by Gasteiger charge is 2.18. The molecule has 1 rings (SSSR count). The zero-order valence-corrected chi connectivity index (χ0v) is 8.93. The van der Waals surface area contributed by atoms with Gasteiger partial charge in [-0.2, -0.15) is 0 Å². The second-order valence-electron chi connectivity index (χ2n) is 3.41. The van der Waals surface area contributed by atoms with Gasteiger partial charge in [0, 0.05) is 12.3 Å². The first-order chi connectivity index (χ1) is 7.41. The number of pyridine rings is 1. The molecule has 1 unspecified atom stereocenters. The van der Waals surface area contributed by atoms with Crippen molar-refractivity contribution in [1.82, 2.24) is 4.98 Å². The van der Waals surface area contributed by atoms with E-state index in [1.54, 1.807) is 6.92 Å². The number of hydrogen-bond donors (Lipinski definition) is 2. The van der Waals surface area contributed by atoms with E-state index in [1.807, 2.05) is 0 Å². The molecule has 16 heavy (non-hydrogen) atoms. The topological polar surface area (TPSA) is 111 Å². The Kier molecular flexibility index (Phi) is 3.39. The van der Waals surface area contributed by atoms with Crippen molar-refractivity contribution >= 4 is 17.4 Å². The monoisotopic (exact) mass is 224 g/mol. The molecule has 1 atom stereocenters. The molecule has 1 aromatic rings. The number of amides is 1. The minimum atomic E-state index is -0.714. The molecule has 0 fully saturated rings. The van der Waals surface area contributed by atoms with E-state index in [4.69, 9.17) is 5.73 Å². The van der Waals surface area contributed by atoms with Gasteiger partial charge in [-0.05, 0) is 19.4 Å². The Hall–Kier alpha value is -2.18. The summed E-state index contributed by atoms with van der Waals surface area (Å²) in [5.41, 5.74) is 5.54. The number of nitro groups is 1. The van der Waals surface area contributed by atoms with E-state index in [0.717, 1.165) is 0 Å². The van der Waals surface area contributed by atoms with E-state index in [1.165, 1.54) is 19.2 Å². The van der Waals surface area contributed by atoms with Crippen LogP contribution in [0.1, 0.15) is 12.5 Å². The molecule has 0 aliphatic carbocycles. The van der Waals surface area contributed by atoms with Gasteiger partial charge < -0.3 is 11.1 Å². The predicted octanol–water partition coefficient (Wildman–Crippen LogP) is 0.584. The summed E-state index contributed by atoms with van der Waals surface area (Å²) in [6, 6.07) is 0.664. The van der Waals surface area contributed by atoms with Gasteiger partial charge in [-0.1, -0.05) is 0 Å². The molecule has 0 saturated carbocycles. The summed E-state index contributed by atoms with van der Waals surface area (Å²) < 4.78 is 0. The molecule has 0 aliphatic heterocycles. The number of nitrogens with zero attached hydrogens (tertiary/aromatic N) is 2. The first-order valence-corrected chi connectivity index (χ1v) is 4.58. The Morgan fingerprint density at radius 2 is 2.31 bits per heavy atom. The number of aryl methyl sites for hydroxylation is 1. The van der Waals surface area contributed by atoms with Crippen molar-refractivity contribution in [2.24, 2.45) is 5.73 Å². The number of carbonyl (C=O) groups excluding carboxylic acids is 1. The molecule has 0 spiro atoms. The van der Waals surface area contributed by atoms with Crippen molar-refractivity contribution in [3.63, 3.8) is 0 Å². The van der Waals surface area contributed by atoms with Gasteiger partial charge in [-0.3, -0.25) is 14.9 Å². The fourth-order valence-electron chi connectivity index (χ4n) is 1.08. The minimum Gasteiger partial charge on any atom is -0.368 e. The third-order valence-electron chi connectivity index (χ3n) is 1.98. The van der Waals surface area contributed by atoms with Crippen molar-refractivity contribution in [2.75, 3.05) is 5.32 Å². The van der Waals surface area contributed by atoms with Gasteiger partial charge in [0.15, 0.2) is 0 Å². The summed E-state index contributed by atoms with van der Waals surface area (Å²) in [7, 11) is 0. The SMILES string of the molecule is Cc1cnc(NC(C)C(N)=O)c([N+](=O)[O-])c1. The maximum atomic E-state index is 10.8. The number of anilines is 1. The van der Waals surface area contributed by atoms with Crippen LogP contribution in [0.3, 0.4) is 0 Å². The van der Waals surface area contributed by atoms with Crippen LogP contribution in [-0.4, -0.2) is 21.9 Å². The lowest BCUT2D eigenvalue weighted by molar-refractivity contribution is -0.384. The standard InChI is InChI=1S/C9H12N4O3/c1-5-3-7(13(15)16)9(11-4-5)12-6(2)8(10)14/h3-4,6H,1-2H3,(H2,10,14)(H,11,12). The normalized spacial score (nSPS) is 11.9. The van der Waals surface area contributed by atoms with Gasteiger partial charge in [-0.25, -0.2) is 4.98 Å². The molecule has 0 aromatic carbocycles. The number of aromatic nitrogens is 1. The minimum absolute atomic E-state index is 0.0434. The van der Waals surface area contributed by atoms with E-state index in [9.17, 15) is 14.9 Å². The fourth-order valence-corrected chi connectivity index (χ4v) is 1.08. The van der Waals surface area contributed by atoms with E-state index in [2.05, 4.69) is 10.3 Å². The van der Waals surface area contributed by atoms with Gasteiger partial charge in [0.25, 0.3) is 0 Å². The fraction of sp³-hybridized carbons (Fsp3) is 0.333. The van der Waals surface area contributed by atoms with Crippen molar-refractivity contribution in [2.45, 2.75) is 19.9 Å². The Morgan fingerprint density at radius 1 is 1.69 bits per heavy atom. The lowest BCUT2D eigenvalue weighted by Gasteiger charge is -2.10. The lowest BCUT2D eigenvalue weighted by atomic mass is 10.2. The van der Waals surface area contributed by atoms with Gasteiger partial charge in [0.2, 0.25) is 11.7 Å². The van der Waals surface area contributed by atoms with Crippen LogP contribution in [0.15, 0.2) is 12.3 Å². The molecule has 1 amide bonds. The summed E-state index contributed by atoms with van der Waals surface area (Å²) in [6.07, 6.45) is 1.48. The van der Waals surface area contributed by atoms with Gasteiger partial charge in [-0.15, -0.1) is 0 Å². The number of nitrogens with two attached hydrogens (primary N) is 1. The predicted molar refractivity (Wildman–Crippen MR) is 57.9 cm³/mol. The van der Waals surface area contributed by atoms with Crippen LogP contribution in [0.2, 0.25) is 0 Å². The number of rotatable bonds is 4. The highest BCUT2D eigenvalue weighted by atomic mass is 16.6. The maximum absolute atomic E-state index is 10.8. The third-order valence-corrected chi connectivity index (χ3v) is 1.98. The Labute approximate surface area is 91.8 Å². The summed E-state index contributed by atoms with van der Waals surface area (Å²) >= 11 is 0. The van der Waals surface area contributed by atoms with Gasteiger partial charge in [0.05, 0.1) is 4.92 Å². The Bertz CT molecular complexity index is 433. The molecule has 1 aromatic heterocycles. The summed E-state index contributed by atoms with van der Waals surface area (Å²) in [4.78, 5) is 24.9. The van der Waals surface area contributed by atoms with Crippen LogP contribution in [0, 0.1) is 17.0 Å². The second-order valence-corrected chi connectivity index (χ2v) is 3.41. The average molecular weight is 224 g/mol. The smallest absolute Gasteiger partial charge is 0.311 e. The molecule has 3 N–H and O–H groups in total. The molecule has 7 nitrogen and oxygen atoms in total. The average Bonchev–Trinajstić information content (AvgIpc) is 2.20. The van der Waals surface area contributed by atoms with Crippen LogP contribution in [0.5, 0.6) is 0 Å². The molecule has 0 aliphatic rings. The van der Waals surface area contributed by atoms with E-state index in [0.29, 0.717) is 5.56 Å². The molecule has 86 valence electrons. The van der Waals surface area contributed by atoms with Crippen molar-refractivity contribution < 1.29 is 9.72 Å². The molecule has 0 bridgehead atoms. The van der Waals surface area contributed by atoms with Gasteiger partial charge in [0.1, 0.15) is 6.04 Å². The van der Waals surface area contributed by atoms with Crippen LogP contribution >= 0.6 is 0 Å². The zero-order valence-electron chi connectivity index (χ0n) is 8.93. The van der Waals surface area contributed by atoms with Crippen LogP contribution in [-0.2, 0) is 4.79 Å². The molecule has 0 saturated heterocycles. The van der Waals surface area contributed by atoms with E-state index >= 15 is 0 Å². The molecule has 0 radical (unpaired) electrons. The summed E-state index contributed by atoms with van der Waals surface area (Å²) in [6.45, 7) is 3.20. The number of nitrogens with one attached hydrogen (secondary N) is 1. The van der Waals surface area contributed by atoms with E-state index in [-0.39, 0.29) is 11.5 Å².